The summed E-state index contributed by atoms with van der Waals surface area (Å²) in [7, 11) is 0. The number of anilines is 2. The van der Waals surface area contributed by atoms with E-state index in [1.807, 2.05) is 30.3 Å². The van der Waals surface area contributed by atoms with Gasteiger partial charge in [-0.1, -0.05) is 46.3 Å². The zero-order valence-electron chi connectivity index (χ0n) is 18.9. The number of nitriles is 1. The van der Waals surface area contributed by atoms with Gasteiger partial charge in [0.05, 0.1) is 11.1 Å². The minimum Gasteiger partial charge on any atom is -0.355 e. The van der Waals surface area contributed by atoms with Gasteiger partial charge in [0.2, 0.25) is 0 Å². The number of H-pyrrole nitrogens is 1. The molecular formula is C28H16BrF3N4O. The largest absolute Gasteiger partial charge is 0.416 e. The van der Waals surface area contributed by atoms with Crippen LogP contribution in [-0.2, 0) is 6.18 Å². The monoisotopic (exact) mass is 560 g/mol. The number of nitrogens with zero attached hydrogens (tertiary/aromatic N) is 2. The Morgan fingerprint density at radius 3 is 2.30 bits per heavy atom. The van der Waals surface area contributed by atoms with E-state index in [-0.39, 0.29) is 11.1 Å². The highest BCUT2D eigenvalue weighted by Crippen LogP contribution is 2.34. The highest BCUT2D eigenvalue weighted by Gasteiger charge is 2.30. The van der Waals surface area contributed by atoms with Gasteiger partial charge in [0, 0.05) is 38.7 Å². The first-order chi connectivity index (χ1) is 17.7. The highest BCUT2D eigenvalue weighted by molar-refractivity contribution is 9.10. The summed E-state index contributed by atoms with van der Waals surface area (Å²) >= 11 is 3.39. The van der Waals surface area contributed by atoms with Gasteiger partial charge in [0.25, 0.3) is 5.56 Å². The predicted molar refractivity (Wildman–Crippen MR) is 140 cm³/mol. The molecule has 2 N–H and O–H groups in total. The van der Waals surface area contributed by atoms with Crippen LogP contribution in [0, 0.1) is 11.3 Å². The Hall–Kier alpha value is -4.42. The third kappa shape index (κ3) is 4.97. The third-order valence-electron chi connectivity index (χ3n) is 5.85. The second kappa shape index (κ2) is 9.56. The predicted octanol–water partition coefficient (Wildman–Crippen LogP) is 7.65. The Labute approximate surface area is 217 Å². The van der Waals surface area contributed by atoms with Gasteiger partial charge in [0.1, 0.15) is 11.6 Å². The van der Waals surface area contributed by atoms with Gasteiger partial charge in [-0.3, -0.25) is 9.78 Å². The molecule has 0 unspecified atom stereocenters. The summed E-state index contributed by atoms with van der Waals surface area (Å²) < 4.78 is 40.1. The molecule has 182 valence electrons. The number of aromatic nitrogens is 2. The first-order valence-corrected chi connectivity index (χ1v) is 11.8. The van der Waals surface area contributed by atoms with Crippen molar-refractivity contribution in [2.24, 2.45) is 0 Å². The Kier molecular flexibility index (Phi) is 6.27. The topological polar surface area (TPSA) is 81.6 Å². The fourth-order valence-corrected chi connectivity index (χ4v) is 4.27. The number of rotatable bonds is 4. The summed E-state index contributed by atoms with van der Waals surface area (Å²) in [6.07, 6.45) is -3.00. The van der Waals surface area contributed by atoms with Crippen molar-refractivity contribution >= 4 is 38.2 Å². The second-order valence-electron chi connectivity index (χ2n) is 8.21. The number of hydrogen-bond acceptors (Lipinski definition) is 4. The van der Waals surface area contributed by atoms with Gasteiger partial charge in [-0.25, -0.2) is 0 Å². The van der Waals surface area contributed by atoms with Crippen LogP contribution in [0.3, 0.4) is 0 Å². The number of alkyl halides is 3. The van der Waals surface area contributed by atoms with E-state index < -0.39 is 17.3 Å². The quantitative estimate of drug-likeness (QED) is 0.236. The van der Waals surface area contributed by atoms with Crippen molar-refractivity contribution in [2.45, 2.75) is 6.18 Å². The molecule has 0 amide bonds. The molecule has 0 fully saturated rings. The number of nitrogens with one attached hydrogen (secondary N) is 2. The molecule has 0 saturated heterocycles. The zero-order valence-corrected chi connectivity index (χ0v) is 20.5. The Morgan fingerprint density at radius 1 is 0.919 bits per heavy atom. The number of hydrogen-bond donors (Lipinski definition) is 2. The van der Waals surface area contributed by atoms with Crippen molar-refractivity contribution < 1.29 is 13.2 Å². The van der Waals surface area contributed by atoms with Crippen LogP contribution in [0.25, 0.3) is 33.3 Å². The SMILES string of the molecule is N#Cc1c(-c2ccc(Br)cc2)cc(-c2ccc(Nc3ccnc4cc(C(F)(F)F)ccc34)cc2)[nH]c1=O. The van der Waals surface area contributed by atoms with Crippen molar-refractivity contribution in [1.29, 1.82) is 5.26 Å². The molecule has 3 aromatic carbocycles. The first-order valence-electron chi connectivity index (χ1n) is 11.0. The summed E-state index contributed by atoms with van der Waals surface area (Å²) in [6.45, 7) is 0. The Balaban J connectivity index is 1.47. The van der Waals surface area contributed by atoms with Crippen LogP contribution in [0.1, 0.15) is 11.1 Å². The highest BCUT2D eigenvalue weighted by atomic mass is 79.9. The molecule has 2 heterocycles. The van der Waals surface area contributed by atoms with Crippen molar-refractivity contribution in [1.82, 2.24) is 9.97 Å². The maximum absolute atomic E-state index is 13.1. The van der Waals surface area contributed by atoms with Gasteiger partial charge >= 0.3 is 6.18 Å². The maximum Gasteiger partial charge on any atom is 0.416 e. The summed E-state index contributed by atoms with van der Waals surface area (Å²) in [5.41, 5.74) is 2.85. The Morgan fingerprint density at radius 2 is 1.62 bits per heavy atom. The lowest BCUT2D eigenvalue weighted by Gasteiger charge is -2.12. The molecule has 0 atom stereocenters. The number of fused-ring (bicyclic) bond motifs is 1. The van der Waals surface area contributed by atoms with Gasteiger partial charge in [-0.2, -0.15) is 18.4 Å². The van der Waals surface area contributed by atoms with E-state index in [4.69, 9.17) is 0 Å². The van der Waals surface area contributed by atoms with Crippen molar-refractivity contribution in [3.8, 4) is 28.5 Å². The van der Waals surface area contributed by atoms with Crippen molar-refractivity contribution in [2.75, 3.05) is 5.32 Å². The fourth-order valence-electron chi connectivity index (χ4n) is 4.01. The second-order valence-corrected chi connectivity index (χ2v) is 9.13. The number of aromatic amines is 1. The minimum atomic E-state index is -4.45. The number of pyridine rings is 2. The number of benzene rings is 3. The van der Waals surface area contributed by atoms with Gasteiger partial charge in [-0.15, -0.1) is 0 Å². The van der Waals surface area contributed by atoms with Gasteiger partial charge in [-0.05, 0) is 59.7 Å². The van der Waals surface area contributed by atoms with Crippen molar-refractivity contribution in [3.63, 3.8) is 0 Å². The molecule has 2 aromatic heterocycles. The van der Waals surface area contributed by atoms with E-state index in [9.17, 15) is 23.2 Å². The molecule has 9 heteroatoms. The molecule has 5 rings (SSSR count). The van der Waals surface area contributed by atoms with E-state index in [0.29, 0.717) is 28.0 Å². The molecule has 0 spiro atoms. The van der Waals surface area contributed by atoms with E-state index >= 15 is 0 Å². The van der Waals surface area contributed by atoms with E-state index in [1.165, 1.54) is 12.3 Å². The minimum absolute atomic E-state index is 0.0302. The molecule has 0 bridgehead atoms. The smallest absolute Gasteiger partial charge is 0.355 e. The van der Waals surface area contributed by atoms with E-state index in [2.05, 4.69) is 31.2 Å². The zero-order chi connectivity index (χ0) is 26.2. The number of halogens is 4. The first kappa shape index (κ1) is 24.3. The van der Waals surface area contributed by atoms with E-state index in [1.54, 1.807) is 36.4 Å². The third-order valence-corrected chi connectivity index (χ3v) is 6.37. The maximum atomic E-state index is 13.1. The van der Waals surface area contributed by atoms with Crippen LogP contribution in [0.2, 0.25) is 0 Å². The fraction of sp³-hybridized carbons (Fsp3) is 0.0357. The van der Waals surface area contributed by atoms with Crippen LogP contribution in [0.15, 0.2) is 94.3 Å². The molecule has 5 aromatic rings. The molecule has 0 radical (unpaired) electrons. The molecule has 0 aliphatic rings. The summed E-state index contributed by atoms with van der Waals surface area (Å²) in [6, 6.07) is 23.4. The lowest BCUT2D eigenvalue weighted by molar-refractivity contribution is -0.137. The summed E-state index contributed by atoms with van der Waals surface area (Å²) in [5.74, 6) is 0. The summed E-state index contributed by atoms with van der Waals surface area (Å²) in [5, 5.41) is 13.3. The van der Waals surface area contributed by atoms with Crippen LogP contribution < -0.4 is 10.9 Å². The van der Waals surface area contributed by atoms with Crippen LogP contribution in [0.4, 0.5) is 24.5 Å². The molecule has 0 aliphatic heterocycles. The van der Waals surface area contributed by atoms with Gasteiger partial charge in [0.15, 0.2) is 0 Å². The van der Waals surface area contributed by atoms with Crippen LogP contribution in [-0.4, -0.2) is 9.97 Å². The molecule has 37 heavy (non-hydrogen) atoms. The van der Waals surface area contributed by atoms with Gasteiger partial charge < -0.3 is 10.3 Å². The molecule has 0 aliphatic carbocycles. The lowest BCUT2D eigenvalue weighted by Crippen LogP contribution is -2.12. The van der Waals surface area contributed by atoms with Crippen LogP contribution >= 0.6 is 15.9 Å². The van der Waals surface area contributed by atoms with Crippen LogP contribution in [0.5, 0.6) is 0 Å². The molecular weight excluding hydrogens is 545 g/mol. The average molecular weight is 561 g/mol. The van der Waals surface area contributed by atoms with E-state index in [0.717, 1.165) is 27.7 Å². The standard InChI is InChI=1S/C28H16BrF3N4O/c29-19-6-1-16(2-7-19)22-14-25(36-27(37)23(22)15-33)17-3-8-20(9-4-17)35-24-11-12-34-26-13-18(28(30,31)32)5-10-21(24)26/h1-14H,(H,34,35)(H,36,37). The lowest BCUT2D eigenvalue weighted by atomic mass is 9.99. The Bertz CT molecular complexity index is 1720. The molecule has 5 nitrogen and oxygen atoms in total. The average Bonchev–Trinajstić information content (AvgIpc) is 2.88. The summed E-state index contributed by atoms with van der Waals surface area (Å²) in [4.78, 5) is 19.5. The normalized spacial score (nSPS) is 11.3. The molecule has 0 saturated carbocycles. The van der Waals surface area contributed by atoms with Crippen molar-refractivity contribution in [3.05, 3.63) is 111 Å².